The van der Waals surface area contributed by atoms with Gasteiger partial charge in [-0.3, -0.25) is 4.79 Å². The van der Waals surface area contributed by atoms with E-state index in [1.165, 1.54) is 0 Å². The van der Waals surface area contributed by atoms with Gasteiger partial charge in [-0.25, -0.2) is 4.79 Å². The summed E-state index contributed by atoms with van der Waals surface area (Å²) in [6, 6.07) is 3.30. The van der Waals surface area contributed by atoms with Crippen LogP contribution in [0.5, 0.6) is 0 Å². The lowest BCUT2D eigenvalue weighted by molar-refractivity contribution is -0.137. The van der Waals surface area contributed by atoms with Crippen LogP contribution in [0.4, 0.5) is 0 Å². The van der Waals surface area contributed by atoms with Crippen LogP contribution in [0, 0.1) is 0 Å². The molecule has 0 bridgehead atoms. The van der Waals surface area contributed by atoms with Crippen LogP contribution in [0.1, 0.15) is 24.5 Å². The molecule has 0 aliphatic carbocycles. The molecule has 2 rings (SSSR count). The summed E-state index contributed by atoms with van der Waals surface area (Å²) in [6.07, 6.45) is -0.887. The molecule has 6 nitrogen and oxygen atoms in total. The number of carbonyl (C=O) groups is 1. The van der Waals surface area contributed by atoms with E-state index in [0.29, 0.717) is 21.1 Å². The Hall–Kier alpha value is -1.60. The van der Waals surface area contributed by atoms with Crippen molar-refractivity contribution in [2.75, 3.05) is 0 Å². The topological polar surface area (TPSA) is 106 Å². The van der Waals surface area contributed by atoms with E-state index in [1.807, 2.05) is 0 Å². The molecule has 0 saturated heterocycles. The number of carboxylic acids is 1. The van der Waals surface area contributed by atoms with Gasteiger partial charge >= 0.3 is 11.7 Å². The standard InChI is InChI=1S/C11H11BrN2O4/c12-6-4-8-7(13-11(18)14-8)3-5(6)9(15)1-2-10(16)17/h3-4,9,15H,1-2H2,(H,16,17)(H2,13,14,18). The number of aliphatic carboxylic acids is 1. The van der Waals surface area contributed by atoms with Crippen molar-refractivity contribution in [1.29, 1.82) is 0 Å². The molecule has 1 aromatic heterocycles. The monoisotopic (exact) mass is 314 g/mol. The maximum atomic E-state index is 11.1. The quantitative estimate of drug-likeness (QED) is 0.686. The van der Waals surface area contributed by atoms with Crippen molar-refractivity contribution in [2.24, 2.45) is 0 Å². The van der Waals surface area contributed by atoms with Gasteiger partial charge in [0, 0.05) is 10.9 Å². The minimum atomic E-state index is -0.957. The van der Waals surface area contributed by atoms with Crippen molar-refractivity contribution < 1.29 is 15.0 Å². The van der Waals surface area contributed by atoms with Gasteiger partial charge in [0.2, 0.25) is 0 Å². The van der Waals surface area contributed by atoms with Gasteiger partial charge < -0.3 is 20.2 Å². The van der Waals surface area contributed by atoms with Crippen molar-refractivity contribution in [3.63, 3.8) is 0 Å². The molecule has 2 aromatic rings. The summed E-state index contributed by atoms with van der Waals surface area (Å²) in [5.41, 5.74) is 1.43. The summed E-state index contributed by atoms with van der Waals surface area (Å²) < 4.78 is 0.628. The molecule has 1 heterocycles. The highest BCUT2D eigenvalue weighted by Gasteiger charge is 2.14. The number of aromatic nitrogens is 2. The molecule has 0 saturated carbocycles. The summed E-state index contributed by atoms with van der Waals surface area (Å²) in [4.78, 5) is 26.8. The normalized spacial score (nSPS) is 12.8. The Morgan fingerprint density at radius 1 is 1.33 bits per heavy atom. The summed E-state index contributed by atoms with van der Waals surface area (Å²) in [7, 11) is 0. The van der Waals surface area contributed by atoms with E-state index in [9.17, 15) is 14.7 Å². The number of aliphatic hydroxyl groups excluding tert-OH is 1. The molecule has 0 spiro atoms. The van der Waals surface area contributed by atoms with E-state index >= 15 is 0 Å². The number of hydrogen-bond donors (Lipinski definition) is 4. The molecule has 0 amide bonds. The van der Waals surface area contributed by atoms with Crippen molar-refractivity contribution in [2.45, 2.75) is 18.9 Å². The van der Waals surface area contributed by atoms with Gasteiger partial charge in [-0.2, -0.15) is 0 Å². The van der Waals surface area contributed by atoms with Crippen LogP contribution in [-0.4, -0.2) is 26.2 Å². The van der Waals surface area contributed by atoms with Gasteiger partial charge in [0.25, 0.3) is 0 Å². The first kappa shape index (κ1) is 12.8. The summed E-state index contributed by atoms with van der Waals surface area (Å²) in [5.74, 6) is -0.957. The lowest BCUT2D eigenvalue weighted by atomic mass is 10.0. The number of rotatable bonds is 4. The molecule has 0 fully saturated rings. The number of benzene rings is 1. The Morgan fingerprint density at radius 2 is 1.94 bits per heavy atom. The first-order valence-corrected chi connectivity index (χ1v) is 6.08. The third-order valence-corrected chi connectivity index (χ3v) is 3.31. The number of aromatic amines is 2. The molecular formula is C11H11BrN2O4. The Balaban J connectivity index is 2.34. The van der Waals surface area contributed by atoms with Crippen LogP contribution in [0.15, 0.2) is 21.4 Å². The molecule has 18 heavy (non-hydrogen) atoms. The van der Waals surface area contributed by atoms with E-state index < -0.39 is 12.1 Å². The Labute approximate surface area is 110 Å². The minimum absolute atomic E-state index is 0.116. The largest absolute Gasteiger partial charge is 0.481 e. The molecule has 96 valence electrons. The highest BCUT2D eigenvalue weighted by Crippen LogP contribution is 2.29. The zero-order valence-corrected chi connectivity index (χ0v) is 10.8. The smallest absolute Gasteiger partial charge is 0.323 e. The van der Waals surface area contributed by atoms with Crippen molar-refractivity contribution >= 4 is 32.9 Å². The first-order valence-electron chi connectivity index (χ1n) is 5.28. The van der Waals surface area contributed by atoms with E-state index in [4.69, 9.17) is 5.11 Å². The second-order valence-electron chi connectivity index (χ2n) is 3.95. The predicted octanol–water partition coefficient (Wildman–Crippen LogP) is 1.52. The molecule has 4 N–H and O–H groups in total. The zero-order valence-electron chi connectivity index (χ0n) is 9.24. The van der Waals surface area contributed by atoms with Gasteiger partial charge in [-0.1, -0.05) is 15.9 Å². The number of carboxylic acid groups (broad SMARTS) is 1. The van der Waals surface area contributed by atoms with Gasteiger partial charge in [-0.15, -0.1) is 0 Å². The Bertz CT molecular complexity index is 646. The fourth-order valence-electron chi connectivity index (χ4n) is 1.74. The van der Waals surface area contributed by atoms with Gasteiger partial charge in [0.1, 0.15) is 0 Å². The maximum Gasteiger partial charge on any atom is 0.323 e. The number of nitrogens with one attached hydrogen (secondary N) is 2. The number of imidazole rings is 1. The van der Waals surface area contributed by atoms with Crippen LogP contribution in [-0.2, 0) is 4.79 Å². The van der Waals surface area contributed by atoms with Crippen LogP contribution in [0.3, 0.4) is 0 Å². The summed E-state index contributed by atoms with van der Waals surface area (Å²) >= 11 is 3.29. The fraction of sp³-hybridized carbons (Fsp3) is 0.273. The number of halogens is 1. The highest BCUT2D eigenvalue weighted by molar-refractivity contribution is 9.10. The molecule has 0 aliphatic heterocycles. The number of H-pyrrole nitrogens is 2. The SMILES string of the molecule is O=C(O)CCC(O)c1cc2[nH]c(=O)[nH]c2cc1Br. The Morgan fingerprint density at radius 3 is 2.56 bits per heavy atom. The highest BCUT2D eigenvalue weighted by atomic mass is 79.9. The molecule has 1 aromatic carbocycles. The van der Waals surface area contributed by atoms with Crippen LogP contribution in [0.25, 0.3) is 11.0 Å². The number of fused-ring (bicyclic) bond motifs is 1. The third-order valence-electron chi connectivity index (χ3n) is 2.62. The zero-order chi connectivity index (χ0) is 13.3. The summed E-state index contributed by atoms with van der Waals surface area (Å²) in [6.45, 7) is 0. The number of hydrogen-bond acceptors (Lipinski definition) is 3. The Kier molecular flexibility index (Phi) is 3.53. The predicted molar refractivity (Wildman–Crippen MR) is 68.4 cm³/mol. The lowest BCUT2D eigenvalue weighted by Gasteiger charge is -2.11. The average Bonchev–Trinajstić information content (AvgIpc) is 2.64. The second-order valence-corrected chi connectivity index (χ2v) is 4.80. The second kappa shape index (κ2) is 4.95. The molecular weight excluding hydrogens is 304 g/mol. The molecule has 7 heteroatoms. The molecule has 1 unspecified atom stereocenters. The van der Waals surface area contributed by atoms with Crippen LogP contribution >= 0.6 is 15.9 Å². The van der Waals surface area contributed by atoms with Gasteiger partial charge in [0.15, 0.2) is 0 Å². The molecule has 0 aliphatic rings. The average molecular weight is 315 g/mol. The van der Waals surface area contributed by atoms with Gasteiger partial charge in [0.05, 0.1) is 17.1 Å². The van der Waals surface area contributed by atoms with Crippen LogP contribution in [0.2, 0.25) is 0 Å². The first-order chi connectivity index (χ1) is 8.47. The lowest BCUT2D eigenvalue weighted by Crippen LogP contribution is -2.03. The van der Waals surface area contributed by atoms with Crippen molar-refractivity contribution in [3.05, 3.63) is 32.7 Å². The fourth-order valence-corrected chi connectivity index (χ4v) is 2.35. The molecule has 0 radical (unpaired) electrons. The van der Waals surface area contributed by atoms with Crippen molar-refractivity contribution in [3.8, 4) is 0 Å². The van der Waals surface area contributed by atoms with E-state index in [-0.39, 0.29) is 18.5 Å². The minimum Gasteiger partial charge on any atom is -0.481 e. The van der Waals surface area contributed by atoms with Crippen molar-refractivity contribution in [1.82, 2.24) is 9.97 Å². The van der Waals surface area contributed by atoms with Crippen LogP contribution < -0.4 is 5.69 Å². The van der Waals surface area contributed by atoms with Gasteiger partial charge in [-0.05, 0) is 24.1 Å². The molecule has 1 atom stereocenters. The van der Waals surface area contributed by atoms with E-state index in [0.717, 1.165) is 0 Å². The number of aliphatic hydroxyl groups is 1. The third kappa shape index (κ3) is 2.62. The summed E-state index contributed by atoms with van der Waals surface area (Å²) in [5, 5.41) is 18.5. The maximum absolute atomic E-state index is 11.1. The van der Waals surface area contributed by atoms with E-state index in [1.54, 1.807) is 12.1 Å². The van der Waals surface area contributed by atoms with E-state index in [2.05, 4.69) is 25.9 Å².